The van der Waals surface area contributed by atoms with E-state index in [0.717, 1.165) is 43.9 Å². The molecule has 45 heavy (non-hydrogen) atoms. The summed E-state index contributed by atoms with van der Waals surface area (Å²) in [6.45, 7) is 11.2. The highest BCUT2D eigenvalue weighted by Crippen LogP contribution is 2.30. The fraction of sp³-hybridized carbons (Fsp3) is 0.406. The Labute approximate surface area is 260 Å². The van der Waals surface area contributed by atoms with Gasteiger partial charge in [0.2, 0.25) is 11.9 Å². The summed E-state index contributed by atoms with van der Waals surface area (Å²) in [5.41, 5.74) is 8.53. The molecule has 3 aromatic rings. The summed E-state index contributed by atoms with van der Waals surface area (Å²) >= 11 is 0. The number of nitrogen functional groups attached to an aromatic ring is 1. The lowest BCUT2D eigenvalue weighted by molar-refractivity contribution is -0.137. The molecule has 0 unspecified atom stereocenters. The zero-order valence-electron chi connectivity index (χ0n) is 25.5. The van der Waals surface area contributed by atoms with Gasteiger partial charge in [0.25, 0.3) is 0 Å². The van der Waals surface area contributed by atoms with Gasteiger partial charge in [0, 0.05) is 43.6 Å². The van der Waals surface area contributed by atoms with E-state index in [9.17, 15) is 18.0 Å². The van der Waals surface area contributed by atoms with Crippen LogP contribution in [0.25, 0.3) is 11.0 Å². The van der Waals surface area contributed by atoms with Crippen molar-refractivity contribution in [3.63, 3.8) is 0 Å². The van der Waals surface area contributed by atoms with Crippen molar-refractivity contribution in [2.24, 2.45) is 0 Å². The van der Waals surface area contributed by atoms with Crippen molar-refractivity contribution in [2.75, 3.05) is 42.1 Å². The second kappa shape index (κ2) is 13.6. The summed E-state index contributed by atoms with van der Waals surface area (Å²) < 4.78 is 39.0. The van der Waals surface area contributed by atoms with Crippen molar-refractivity contribution < 1.29 is 18.0 Å². The standard InChI is InChI=1S/C32H38F3N9O/c1-20(11-12-21(2)39-26(45)18-23-7-6-8-24(17-23)32(33,34)35)22(3)40-30-28-27(37-19-38-30)29(36)42-31(41-28)44-15-13-43(14-16-44)25-9-4-5-10-25/h6-8,11-12,17,19,25H,3-5,9-10,13-16,18H2,1-2H3,(H,39,45)(H2,36,41,42)(H,37,38,40)/b20-11-,21-12+. The minimum Gasteiger partial charge on any atom is -0.382 e. The highest BCUT2D eigenvalue weighted by molar-refractivity contribution is 5.93. The number of hydrogen-bond acceptors (Lipinski definition) is 9. The van der Waals surface area contributed by atoms with Gasteiger partial charge in [-0.2, -0.15) is 18.2 Å². The molecule has 0 spiro atoms. The summed E-state index contributed by atoms with van der Waals surface area (Å²) in [6, 6.07) is 5.42. The maximum Gasteiger partial charge on any atom is 0.416 e. The number of allylic oxidation sites excluding steroid dienone is 4. The Morgan fingerprint density at radius 2 is 1.80 bits per heavy atom. The van der Waals surface area contributed by atoms with Crippen molar-refractivity contribution in [3.05, 3.63) is 77.4 Å². The fourth-order valence-electron chi connectivity index (χ4n) is 5.69. The number of nitrogens with one attached hydrogen (secondary N) is 2. The van der Waals surface area contributed by atoms with Gasteiger partial charge >= 0.3 is 6.18 Å². The highest BCUT2D eigenvalue weighted by Gasteiger charge is 2.30. The molecular weight excluding hydrogens is 583 g/mol. The van der Waals surface area contributed by atoms with E-state index < -0.39 is 17.6 Å². The summed E-state index contributed by atoms with van der Waals surface area (Å²) in [4.78, 5) is 35.2. The first-order valence-corrected chi connectivity index (χ1v) is 15.0. The second-order valence-electron chi connectivity index (χ2n) is 11.5. The van der Waals surface area contributed by atoms with Gasteiger partial charge in [-0.3, -0.25) is 9.69 Å². The van der Waals surface area contributed by atoms with Crippen molar-refractivity contribution in [1.29, 1.82) is 0 Å². The lowest BCUT2D eigenvalue weighted by Gasteiger charge is -2.38. The van der Waals surface area contributed by atoms with Crippen LogP contribution < -0.4 is 21.3 Å². The first-order valence-electron chi connectivity index (χ1n) is 15.0. The first-order chi connectivity index (χ1) is 21.5. The molecule has 10 nitrogen and oxygen atoms in total. The molecule has 3 heterocycles. The van der Waals surface area contributed by atoms with Crippen LogP contribution in [-0.4, -0.2) is 63.0 Å². The Hall–Kier alpha value is -4.52. The fourth-order valence-corrected chi connectivity index (χ4v) is 5.69. The maximum absolute atomic E-state index is 13.0. The molecule has 0 radical (unpaired) electrons. The molecule has 2 aromatic heterocycles. The summed E-state index contributed by atoms with van der Waals surface area (Å²) in [6.07, 6.45) is 5.36. The first kappa shape index (κ1) is 31.9. The Morgan fingerprint density at radius 1 is 1.07 bits per heavy atom. The molecule has 1 aromatic carbocycles. The number of amides is 1. The number of nitrogens with zero attached hydrogens (tertiary/aromatic N) is 6. The third-order valence-corrected chi connectivity index (χ3v) is 8.22. The third kappa shape index (κ3) is 7.96. The number of rotatable bonds is 9. The predicted molar refractivity (Wildman–Crippen MR) is 169 cm³/mol. The number of carbonyl (C=O) groups is 1. The summed E-state index contributed by atoms with van der Waals surface area (Å²) in [5.74, 6) is 0.830. The maximum atomic E-state index is 13.0. The van der Waals surface area contributed by atoms with Crippen LogP contribution in [0, 0.1) is 0 Å². The average Bonchev–Trinajstić information content (AvgIpc) is 3.55. The molecular formula is C32H38F3N9O. The van der Waals surface area contributed by atoms with E-state index in [1.54, 1.807) is 19.1 Å². The molecule has 1 saturated carbocycles. The monoisotopic (exact) mass is 621 g/mol. The van der Waals surface area contributed by atoms with Crippen molar-refractivity contribution in [3.8, 4) is 0 Å². The van der Waals surface area contributed by atoms with E-state index in [2.05, 4.69) is 42.0 Å². The largest absolute Gasteiger partial charge is 0.416 e. The van der Waals surface area contributed by atoms with E-state index in [1.165, 1.54) is 44.1 Å². The molecule has 1 saturated heterocycles. The molecule has 1 aliphatic carbocycles. The molecule has 0 bridgehead atoms. The minimum absolute atomic E-state index is 0.184. The van der Waals surface area contributed by atoms with Crippen LogP contribution in [0.15, 0.2) is 66.3 Å². The molecule has 2 fully saturated rings. The van der Waals surface area contributed by atoms with E-state index in [4.69, 9.17) is 10.7 Å². The van der Waals surface area contributed by atoms with Crippen LogP contribution in [0.3, 0.4) is 0 Å². The minimum atomic E-state index is -4.47. The number of nitrogens with two attached hydrogens (primary N) is 1. The highest BCUT2D eigenvalue weighted by atomic mass is 19.4. The smallest absolute Gasteiger partial charge is 0.382 e. The number of halogens is 3. The van der Waals surface area contributed by atoms with Crippen LogP contribution in [0.4, 0.5) is 30.8 Å². The van der Waals surface area contributed by atoms with Gasteiger partial charge in [-0.15, -0.1) is 0 Å². The average molecular weight is 622 g/mol. The van der Waals surface area contributed by atoms with Crippen molar-refractivity contribution in [2.45, 2.75) is 58.2 Å². The molecule has 1 aliphatic heterocycles. The van der Waals surface area contributed by atoms with Crippen LogP contribution in [0.2, 0.25) is 0 Å². The topological polar surface area (TPSA) is 125 Å². The molecule has 1 amide bonds. The van der Waals surface area contributed by atoms with Gasteiger partial charge in [0.1, 0.15) is 17.4 Å². The lowest BCUT2D eigenvalue weighted by atomic mass is 10.1. The van der Waals surface area contributed by atoms with Gasteiger partial charge in [0.05, 0.1) is 12.0 Å². The number of fused-ring (bicyclic) bond motifs is 1. The second-order valence-corrected chi connectivity index (χ2v) is 11.5. The summed E-state index contributed by atoms with van der Waals surface area (Å²) in [5, 5.41) is 5.91. The lowest BCUT2D eigenvalue weighted by Crippen LogP contribution is -2.50. The van der Waals surface area contributed by atoms with E-state index in [1.807, 2.05) is 6.92 Å². The number of carbonyl (C=O) groups excluding carboxylic acids is 1. The Kier molecular flexibility index (Phi) is 9.66. The zero-order chi connectivity index (χ0) is 32.1. The van der Waals surface area contributed by atoms with Crippen LogP contribution in [-0.2, 0) is 17.4 Å². The van der Waals surface area contributed by atoms with Gasteiger partial charge in [-0.25, -0.2) is 15.0 Å². The quantitative estimate of drug-likeness (QED) is 0.276. The van der Waals surface area contributed by atoms with E-state index in [-0.39, 0.29) is 17.8 Å². The number of anilines is 3. The van der Waals surface area contributed by atoms with Gasteiger partial charge in [-0.1, -0.05) is 43.7 Å². The number of piperazine rings is 1. The van der Waals surface area contributed by atoms with Crippen molar-refractivity contribution >= 4 is 34.5 Å². The Bertz CT molecular complexity index is 1620. The van der Waals surface area contributed by atoms with Crippen LogP contribution in [0.5, 0.6) is 0 Å². The SMILES string of the molecule is C=C(Nc1ncnc2c(N)nc(N3CCN(C4CCCC4)CC3)nc12)/C(C)=C\C=C(/C)NC(=O)Cc1cccc(C(F)(F)F)c1. The van der Waals surface area contributed by atoms with Crippen LogP contribution in [0.1, 0.15) is 50.7 Å². The zero-order valence-corrected chi connectivity index (χ0v) is 25.5. The van der Waals surface area contributed by atoms with Crippen LogP contribution >= 0.6 is 0 Å². The van der Waals surface area contributed by atoms with Crippen molar-refractivity contribution in [1.82, 2.24) is 30.2 Å². The number of alkyl halides is 3. The number of aromatic nitrogens is 4. The third-order valence-electron chi connectivity index (χ3n) is 8.22. The predicted octanol–water partition coefficient (Wildman–Crippen LogP) is 5.22. The molecule has 13 heteroatoms. The normalized spacial score (nSPS) is 17.1. The molecule has 4 N–H and O–H groups in total. The molecule has 0 atom stereocenters. The number of benzene rings is 1. The molecule has 2 aliphatic rings. The van der Waals surface area contributed by atoms with Gasteiger partial charge in [-0.05, 0) is 50.0 Å². The Morgan fingerprint density at radius 3 is 2.51 bits per heavy atom. The summed E-state index contributed by atoms with van der Waals surface area (Å²) in [7, 11) is 0. The molecule has 238 valence electrons. The van der Waals surface area contributed by atoms with Gasteiger partial charge < -0.3 is 21.3 Å². The number of hydrogen-bond donors (Lipinski definition) is 3. The van der Waals surface area contributed by atoms with E-state index >= 15 is 0 Å². The Balaban J connectivity index is 1.22. The van der Waals surface area contributed by atoms with E-state index in [0.29, 0.717) is 40.2 Å². The van der Waals surface area contributed by atoms with Gasteiger partial charge in [0.15, 0.2) is 11.6 Å². The molecule has 5 rings (SSSR count).